The Labute approximate surface area is 158 Å². The van der Waals surface area contributed by atoms with Crippen molar-refractivity contribution in [1.29, 1.82) is 0 Å². The molecule has 0 spiro atoms. The van der Waals surface area contributed by atoms with Crippen molar-refractivity contribution < 1.29 is 19.1 Å². The normalized spacial score (nSPS) is 18.8. The number of thiophene rings is 1. The van der Waals surface area contributed by atoms with Gasteiger partial charge in [0.2, 0.25) is 11.8 Å². The molecule has 6 nitrogen and oxygen atoms in total. The van der Waals surface area contributed by atoms with Crippen LogP contribution in [0.15, 0.2) is 12.1 Å². The second-order valence-corrected chi connectivity index (χ2v) is 8.21. The van der Waals surface area contributed by atoms with Crippen LogP contribution in [0.3, 0.4) is 0 Å². The zero-order chi connectivity index (χ0) is 18.5. The molecule has 2 saturated heterocycles. The maximum Gasteiger partial charge on any atom is 0.225 e. The number of ketones is 1. The lowest BCUT2D eigenvalue weighted by Gasteiger charge is -2.35. The van der Waals surface area contributed by atoms with Crippen LogP contribution in [-0.2, 0) is 14.3 Å². The Bertz CT molecular complexity index is 658. The predicted molar refractivity (Wildman–Crippen MR) is 99.3 cm³/mol. The average molecular weight is 378 g/mol. The molecule has 0 radical (unpaired) electrons. The lowest BCUT2D eigenvalue weighted by atomic mass is 9.94. The average Bonchev–Trinajstić information content (AvgIpc) is 3.12. The minimum atomic E-state index is 0.00729. The lowest BCUT2D eigenvalue weighted by molar-refractivity contribution is -0.143. The number of carbonyl (C=O) groups excluding carboxylic acids is 3. The number of aryl methyl sites for hydroxylation is 1. The maximum atomic E-state index is 12.5. The van der Waals surface area contributed by atoms with Crippen LogP contribution in [0.2, 0.25) is 0 Å². The number of Topliss-reactive ketones (excluding diaryl/α,β-unsaturated/α-hetero) is 1. The summed E-state index contributed by atoms with van der Waals surface area (Å²) in [6, 6.07) is 3.76. The largest absolute Gasteiger partial charge is 0.378 e. The van der Waals surface area contributed by atoms with Gasteiger partial charge in [0.15, 0.2) is 5.78 Å². The highest BCUT2D eigenvalue weighted by atomic mass is 32.1. The third kappa shape index (κ3) is 4.71. The van der Waals surface area contributed by atoms with E-state index < -0.39 is 0 Å². The van der Waals surface area contributed by atoms with Crippen molar-refractivity contribution in [2.24, 2.45) is 5.92 Å². The number of rotatable bonds is 5. The molecule has 2 aliphatic heterocycles. The molecule has 0 aromatic carbocycles. The molecule has 142 valence electrons. The predicted octanol–water partition coefficient (Wildman–Crippen LogP) is 2.12. The first-order chi connectivity index (χ1) is 12.5. The van der Waals surface area contributed by atoms with Crippen molar-refractivity contribution in [3.05, 3.63) is 21.9 Å². The third-order valence-corrected chi connectivity index (χ3v) is 6.14. The third-order valence-electron chi connectivity index (χ3n) is 5.10. The summed E-state index contributed by atoms with van der Waals surface area (Å²) in [7, 11) is 0. The second kappa shape index (κ2) is 8.77. The molecule has 0 N–H and O–H groups in total. The summed E-state index contributed by atoms with van der Waals surface area (Å²) in [6.45, 7) is 5.74. The zero-order valence-electron chi connectivity index (χ0n) is 15.2. The second-order valence-electron chi connectivity index (χ2n) is 6.93. The molecule has 3 rings (SSSR count). The van der Waals surface area contributed by atoms with E-state index >= 15 is 0 Å². The van der Waals surface area contributed by atoms with Crippen LogP contribution in [0.4, 0.5) is 0 Å². The SMILES string of the molecule is Cc1ccc(C(=O)CCC(=O)N2CCC(C(=O)N3CCOCC3)CC2)s1. The molecule has 0 saturated carbocycles. The molecular weight excluding hydrogens is 352 g/mol. The summed E-state index contributed by atoms with van der Waals surface area (Å²) in [4.78, 5) is 42.6. The Morgan fingerprint density at radius 3 is 2.35 bits per heavy atom. The van der Waals surface area contributed by atoms with Crippen LogP contribution in [-0.4, -0.2) is 66.8 Å². The topological polar surface area (TPSA) is 66.9 Å². The van der Waals surface area contributed by atoms with Gasteiger partial charge in [0.25, 0.3) is 0 Å². The molecule has 2 aliphatic rings. The molecule has 1 aromatic rings. The first-order valence-corrected chi connectivity index (χ1v) is 10.1. The number of hydrogen-bond donors (Lipinski definition) is 0. The first kappa shape index (κ1) is 19.0. The van der Waals surface area contributed by atoms with E-state index in [2.05, 4.69) is 0 Å². The van der Waals surface area contributed by atoms with Gasteiger partial charge >= 0.3 is 0 Å². The van der Waals surface area contributed by atoms with Crippen LogP contribution in [0.1, 0.15) is 40.2 Å². The van der Waals surface area contributed by atoms with E-state index in [9.17, 15) is 14.4 Å². The number of likely N-dealkylation sites (tertiary alicyclic amines) is 1. The number of hydrogen-bond acceptors (Lipinski definition) is 5. The summed E-state index contributed by atoms with van der Waals surface area (Å²) in [5.74, 6) is 0.259. The number of morpholine rings is 1. The minimum absolute atomic E-state index is 0.00729. The van der Waals surface area contributed by atoms with Crippen LogP contribution >= 0.6 is 11.3 Å². The van der Waals surface area contributed by atoms with Crippen molar-refractivity contribution in [3.63, 3.8) is 0 Å². The van der Waals surface area contributed by atoms with Crippen LogP contribution in [0.25, 0.3) is 0 Å². The van der Waals surface area contributed by atoms with E-state index in [-0.39, 0.29) is 36.4 Å². The highest BCUT2D eigenvalue weighted by molar-refractivity contribution is 7.14. The first-order valence-electron chi connectivity index (χ1n) is 9.28. The van der Waals surface area contributed by atoms with E-state index in [4.69, 9.17) is 4.74 Å². The number of piperidine rings is 1. The Kier molecular flexibility index (Phi) is 6.43. The molecule has 0 bridgehead atoms. The summed E-state index contributed by atoms with van der Waals surface area (Å²) >= 11 is 1.47. The molecule has 1 aromatic heterocycles. The van der Waals surface area contributed by atoms with Gasteiger partial charge in [-0.25, -0.2) is 0 Å². The van der Waals surface area contributed by atoms with E-state index in [0.717, 1.165) is 9.75 Å². The number of carbonyl (C=O) groups is 3. The van der Waals surface area contributed by atoms with Crippen LogP contribution < -0.4 is 0 Å². The number of amides is 2. The Balaban J connectivity index is 1.41. The molecule has 2 amide bonds. The Hall–Kier alpha value is -1.73. The van der Waals surface area contributed by atoms with Crippen LogP contribution in [0.5, 0.6) is 0 Å². The van der Waals surface area contributed by atoms with E-state index in [0.29, 0.717) is 52.2 Å². The summed E-state index contributed by atoms with van der Waals surface area (Å²) in [5, 5.41) is 0. The molecule has 0 aliphatic carbocycles. The Morgan fingerprint density at radius 1 is 1.04 bits per heavy atom. The molecular formula is C19H26N2O4S. The summed E-state index contributed by atoms with van der Waals surface area (Å²) in [5.41, 5.74) is 0. The van der Waals surface area contributed by atoms with Gasteiger partial charge in [-0.3, -0.25) is 14.4 Å². The Morgan fingerprint density at radius 2 is 1.73 bits per heavy atom. The summed E-state index contributed by atoms with van der Waals surface area (Å²) < 4.78 is 5.29. The van der Waals surface area contributed by atoms with Gasteiger partial charge in [0.05, 0.1) is 18.1 Å². The fourth-order valence-corrected chi connectivity index (χ4v) is 4.34. The highest BCUT2D eigenvalue weighted by Gasteiger charge is 2.30. The minimum Gasteiger partial charge on any atom is -0.378 e. The van der Waals surface area contributed by atoms with E-state index in [1.807, 2.05) is 24.0 Å². The van der Waals surface area contributed by atoms with Crippen molar-refractivity contribution in [2.45, 2.75) is 32.6 Å². The molecule has 2 fully saturated rings. The van der Waals surface area contributed by atoms with Crippen LogP contribution in [0, 0.1) is 12.8 Å². The standard InChI is InChI=1S/C19H26N2O4S/c1-14-2-4-17(26-14)16(22)3-5-18(23)20-8-6-15(7-9-20)19(24)21-10-12-25-13-11-21/h2,4,15H,3,5-13H2,1H3. The molecule has 0 atom stereocenters. The van der Waals surface area contributed by atoms with Gasteiger partial charge < -0.3 is 14.5 Å². The van der Waals surface area contributed by atoms with Gasteiger partial charge in [0.1, 0.15) is 0 Å². The van der Waals surface area contributed by atoms with E-state index in [1.165, 1.54) is 11.3 Å². The van der Waals surface area contributed by atoms with Crippen molar-refractivity contribution in [1.82, 2.24) is 9.80 Å². The van der Waals surface area contributed by atoms with Gasteiger partial charge in [-0.05, 0) is 31.9 Å². The smallest absolute Gasteiger partial charge is 0.225 e. The zero-order valence-corrected chi connectivity index (χ0v) is 16.1. The van der Waals surface area contributed by atoms with Crippen molar-refractivity contribution in [3.8, 4) is 0 Å². The van der Waals surface area contributed by atoms with Gasteiger partial charge in [-0.15, -0.1) is 11.3 Å². The quantitative estimate of drug-likeness (QED) is 0.736. The van der Waals surface area contributed by atoms with Gasteiger partial charge in [-0.2, -0.15) is 0 Å². The number of nitrogens with zero attached hydrogens (tertiary/aromatic N) is 2. The highest BCUT2D eigenvalue weighted by Crippen LogP contribution is 2.22. The monoisotopic (exact) mass is 378 g/mol. The molecule has 7 heteroatoms. The fourth-order valence-electron chi connectivity index (χ4n) is 3.50. The molecule has 3 heterocycles. The van der Waals surface area contributed by atoms with E-state index in [1.54, 1.807) is 4.90 Å². The van der Waals surface area contributed by atoms with Gasteiger partial charge in [-0.1, -0.05) is 0 Å². The number of ether oxygens (including phenoxy) is 1. The fraction of sp³-hybridized carbons (Fsp3) is 0.632. The van der Waals surface area contributed by atoms with Crippen molar-refractivity contribution in [2.75, 3.05) is 39.4 Å². The summed E-state index contributed by atoms with van der Waals surface area (Å²) in [6.07, 6.45) is 1.92. The lowest BCUT2D eigenvalue weighted by Crippen LogP contribution is -2.47. The molecule has 26 heavy (non-hydrogen) atoms. The molecule has 0 unspecified atom stereocenters. The van der Waals surface area contributed by atoms with Crippen molar-refractivity contribution >= 4 is 28.9 Å². The maximum absolute atomic E-state index is 12.5. The van der Waals surface area contributed by atoms with Gasteiger partial charge in [0, 0.05) is 49.8 Å².